The van der Waals surface area contributed by atoms with Crippen LogP contribution in [0.5, 0.6) is 5.75 Å². The minimum atomic E-state index is 0.0126. The van der Waals surface area contributed by atoms with E-state index in [0.717, 1.165) is 50.4 Å². The number of piperidine rings is 1. The summed E-state index contributed by atoms with van der Waals surface area (Å²) in [5.41, 5.74) is 0.691. The maximum atomic E-state index is 12.3. The van der Waals surface area contributed by atoms with Crippen LogP contribution in [0.25, 0.3) is 0 Å². The molecule has 6 nitrogen and oxygen atoms in total. The van der Waals surface area contributed by atoms with E-state index in [-0.39, 0.29) is 5.91 Å². The summed E-state index contributed by atoms with van der Waals surface area (Å²) in [6.07, 6.45) is 3.68. The molecule has 0 spiro atoms. The van der Waals surface area contributed by atoms with Gasteiger partial charge in [-0.1, -0.05) is 11.6 Å². The zero-order chi connectivity index (χ0) is 20.6. The van der Waals surface area contributed by atoms with Crippen LogP contribution in [0, 0.1) is 5.92 Å². The number of halogens is 1. The molecule has 1 aromatic carbocycles. The molecule has 0 unspecified atom stereocenters. The summed E-state index contributed by atoms with van der Waals surface area (Å²) in [5, 5.41) is 3.41. The van der Waals surface area contributed by atoms with Gasteiger partial charge in [0, 0.05) is 25.8 Å². The van der Waals surface area contributed by atoms with Gasteiger partial charge in [0.1, 0.15) is 23.9 Å². The number of benzene rings is 1. The number of nitrogens with one attached hydrogen (secondary N) is 1. The van der Waals surface area contributed by atoms with Gasteiger partial charge in [-0.05, 0) is 62.1 Å². The summed E-state index contributed by atoms with van der Waals surface area (Å²) < 4.78 is 16.0. The van der Waals surface area contributed by atoms with Gasteiger partial charge in [0.15, 0.2) is 0 Å². The molecule has 1 fully saturated rings. The molecule has 1 aliphatic heterocycles. The molecule has 2 heterocycles. The number of rotatable bonds is 9. The van der Waals surface area contributed by atoms with E-state index in [0.29, 0.717) is 35.4 Å². The van der Waals surface area contributed by atoms with Crippen molar-refractivity contribution in [2.75, 3.05) is 32.6 Å². The number of methoxy groups -OCH3 is 2. The fraction of sp³-hybridized carbons (Fsp3) is 0.500. The first kappa shape index (κ1) is 21.7. The van der Waals surface area contributed by atoms with Gasteiger partial charge in [-0.3, -0.25) is 9.69 Å². The van der Waals surface area contributed by atoms with Crippen LogP contribution >= 0.6 is 11.6 Å². The molecular weight excluding hydrogens is 392 g/mol. The number of nitrogens with zero attached hydrogens (tertiary/aromatic N) is 1. The summed E-state index contributed by atoms with van der Waals surface area (Å²) in [6.45, 7) is 3.35. The van der Waals surface area contributed by atoms with Crippen LogP contribution in [0.2, 0.25) is 5.02 Å². The summed E-state index contributed by atoms with van der Waals surface area (Å²) in [6, 6.07) is 9.25. The SMILES string of the molecule is COCc1ccc(CN2CCC[C@@H](CCC(=O)Nc3ccc(OC)c(Cl)c3)C2)o1. The van der Waals surface area contributed by atoms with Crippen LogP contribution < -0.4 is 10.1 Å². The van der Waals surface area contributed by atoms with Gasteiger partial charge in [-0.25, -0.2) is 0 Å². The lowest BCUT2D eigenvalue weighted by Gasteiger charge is -2.32. The molecule has 1 N–H and O–H groups in total. The molecule has 2 aromatic rings. The first-order valence-corrected chi connectivity index (χ1v) is 10.4. The highest BCUT2D eigenvalue weighted by molar-refractivity contribution is 6.32. The van der Waals surface area contributed by atoms with Gasteiger partial charge in [-0.15, -0.1) is 0 Å². The van der Waals surface area contributed by atoms with E-state index < -0.39 is 0 Å². The van der Waals surface area contributed by atoms with Gasteiger partial charge in [-0.2, -0.15) is 0 Å². The minimum absolute atomic E-state index is 0.0126. The van der Waals surface area contributed by atoms with Crippen LogP contribution in [0.4, 0.5) is 5.69 Å². The lowest BCUT2D eigenvalue weighted by molar-refractivity contribution is -0.116. The molecule has 7 heteroatoms. The Morgan fingerprint density at radius 2 is 2.10 bits per heavy atom. The third-order valence-corrected chi connectivity index (χ3v) is 5.50. The summed E-state index contributed by atoms with van der Waals surface area (Å²) in [5.74, 6) is 2.94. The van der Waals surface area contributed by atoms with E-state index in [9.17, 15) is 4.79 Å². The lowest BCUT2D eigenvalue weighted by atomic mass is 9.93. The van der Waals surface area contributed by atoms with Crippen molar-refractivity contribution in [3.63, 3.8) is 0 Å². The predicted molar refractivity (Wildman–Crippen MR) is 113 cm³/mol. The number of furan rings is 1. The molecule has 3 rings (SSSR count). The van der Waals surface area contributed by atoms with E-state index in [2.05, 4.69) is 10.2 Å². The van der Waals surface area contributed by atoms with Gasteiger partial charge in [0.05, 0.1) is 18.7 Å². The molecule has 0 saturated carbocycles. The summed E-state index contributed by atoms with van der Waals surface area (Å²) in [4.78, 5) is 14.7. The number of carbonyl (C=O) groups is 1. The van der Waals surface area contributed by atoms with Crippen molar-refractivity contribution >= 4 is 23.2 Å². The Morgan fingerprint density at radius 3 is 2.86 bits per heavy atom. The molecule has 1 aromatic heterocycles. The monoisotopic (exact) mass is 420 g/mol. The van der Waals surface area contributed by atoms with Gasteiger partial charge < -0.3 is 19.2 Å². The number of hydrogen-bond donors (Lipinski definition) is 1. The van der Waals surface area contributed by atoms with E-state index in [4.69, 9.17) is 25.5 Å². The van der Waals surface area contributed by atoms with E-state index in [1.165, 1.54) is 0 Å². The third-order valence-electron chi connectivity index (χ3n) is 5.20. The minimum Gasteiger partial charge on any atom is -0.495 e. The number of anilines is 1. The molecule has 1 aliphatic rings. The standard InChI is InChI=1S/C22H29ClN2O4/c1-27-15-19-8-7-18(29-19)14-25-11-3-4-16(13-25)5-10-22(26)24-17-6-9-21(28-2)20(23)12-17/h6-9,12,16H,3-5,10-11,13-15H2,1-2H3,(H,24,26)/t16-/m0/s1. The zero-order valence-corrected chi connectivity index (χ0v) is 17.8. The van der Waals surface area contributed by atoms with Crippen molar-refractivity contribution in [3.05, 3.63) is 46.9 Å². The highest BCUT2D eigenvalue weighted by Crippen LogP contribution is 2.28. The Hall–Kier alpha value is -2.02. The fourth-order valence-corrected chi connectivity index (χ4v) is 4.04. The lowest BCUT2D eigenvalue weighted by Crippen LogP contribution is -2.35. The second-order valence-corrected chi connectivity index (χ2v) is 7.89. The fourth-order valence-electron chi connectivity index (χ4n) is 3.78. The largest absolute Gasteiger partial charge is 0.495 e. The summed E-state index contributed by atoms with van der Waals surface area (Å²) in [7, 11) is 3.23. The number of amides is 1. The Labute approximate surface area is 177 Å². The van der Waals surface area contributed by atoms with Crippen molar-refractivity contribution in [3.8, 4) is 5.75 Å². The van der Waals surface area contributed by atoms with Crippen molar-refractivity contribution in [1.82, 2.24) is 4.90 Å². The smallest absolute Gasteiger partial charge is 0.224 e. The summed E-state index contributed by atoms with van der Waals surface area (Å²) >= 11 is 6.12. The highest BCUT2D eigenvalue weighted by Gasteiger charge is 2.21. The Kier molecular flexibility index (Phi) is 7.98. The van der Waals surface area contributed by atoms with Crippen molar-refractivity contribution in [1.29, 1.82) is 0 Å². The molecular formula is C22H29ClN2O4. The first-order chi connectivity index (χ1) is 14.1. The highest BCUT2D eigenvalue weighted by atomic mass is 35.5. The van der Waals surface area contributed by atoms with E-state index in [1.54, 1.807) is 32.4 Å². The Bertz CT molecular complexity index is 808. The topological polar surface area (TPSA) is 63.9 Å². The van der Waals surface area contributed by atoms with Crippen LogP contribution in [-0.4, -0.2) is 38.1 Å². The average Bonchev–Trinajstić information content (AvgIpc) is 3.14. The van der Waals surface area contributed by atoms with Gasteiger partial charge in [0.2, 0.25) is 5.91 Å². The van der Waals surface area contributed by atoms with Crippen molar-refractivity contribution < 1.29 is 18.7 Å². The van der Waals surface area contributed by atoms with E-state index >= 15 is 0 Å². The quantitative estimate of drug-likeness (QED) is 0.636. The molecule has 0 radical (unpaired) electrons. The average molecular weight is 421 g/mol. The number of carbonyl (C=O) groups excluding carboxylic acids is 1. The van der Waals surface area contributed by atoms with Crippen LogP contribution in [0.1, 0.15) is 37.2 Å². The molecule has 158 valence electrons. The van der Waals surface area contributed by atoms with Crippen LogP contribution in [-0.2, 0) is 22.7 Å². The third kappa shape index (κ3) is 6.49. The number of likely N-dealkylation sites (tertiary alicyclic amines) is 1. The maximum Gasteiger partial charge on any atom is 0.224 e. The normalized spacial score (nSPS) is 17.3. The first-order valence-electron chi connectivity index (χ1n) is 9.99. The maximum absolute atomic E-state index is 12.3. The van der Waals surface area contributed by atoms with Crippen molar-refractivity contribution in [2.45, 2.75) is 38.8 Å². The number of ether oxygens (including phenoxy) is 2. The molecule has 1 amide bonds. The predicted octanol–water partition coefficient (Wildman–Crippen LogP) is 4.72. The second-order valence-electron chi connectivity index (χ2n) is 7.48. The molecule has 0 bridgehead atoms. The molecule has 1 saturated heterocycles. The van der Waals surface area contributed by atoms with Gasteiger partial charge in [0.25, 0.3) is 0 Å². The molecule has 0 aliphatic carbocycles. The van der Waals surface area contributed by atoms with Crippen LogP contribution in [0.15, 0.2) is 34.7 Å². The number of hydrogen-bond acceptors (Lipinski definition) is 5. The Balaban J connectivity index is 1.43. The molecule has 29 heavy (non-hydrogen) atoms. The van der Waals surface area contributed by atoms with Gasteiger partial charge >= 0.3 is 0 Å². The Morgan fingerprint density at radius 1 is 1.28 bits per heavy atom. The van der Waals surface area contributed by atoms with Crippen molar-refractivity contribution in [2.24, 2.45) is 5.92 Å². The molecule has 1 atom stereocenters. The zero-order valence-electron chi connectivity index (χ0n) is 17.1. The second kappa shape index (κ2) is 10.7. The van der Waals surface area contributed by atoms with E-state index in [1.807, 2.05) is 12.1 Å². The van der Waals surface area contributed by atoms with Crippen LogP contribution in [0.3, 0.4) is 0 Å².